The summed E-state index contributed by atoms with van der Waals surface area (Å²) in [4.78, 5) is 25.9. The van der Waals surface area contributed by atoms with E-state index in [0.717, 1.165) is 18.4 Å². The number of carboxylic acid groups (broad SMARTS) is 1. The number of rotatable bonds is 4. The zero-order valence-corrected chi connectivity index (χ0v) is 14.2. The van der Waals surface area contributed by atoms with Gasteiger partial charge in [-0.1, -0.05) is 29.8 Å². The lowest BCUT2D eigenvalue weighted by Gasteiger charge is -2.14. The van der Waals surface area contributed by atoms with Gasteiger partial charge in [-0.05, 0) is 36.8 Å². The third-order valence-corrected chi connectivity index (χ3v) is 5.48. The zero-order chi connectivity index (χ0) is 17.6. The summed E-state index contributed by atoms with van der Waals surface area (Å²) in [6.07, 6.45) is 2.13. The summed E-state index contributed by atoms with van der Waals surface area (Å²) in [5, 5.41) is 17.0. The molecule has 1 aliphatic heterocycles. The van der Waals surface area contributed by atoms with E-state index in [-0.39, 0.29) is 18.4 Å². The predicted octanol–water partition coefficient (Wildman–Crippen LogP) is 2.91. The molecule has 2 aromatic rings. The van der Waals surface area contributed by atoms with Crippen molar-refractivity contribution in [3.63, 3.8) is 0 Å². The Morgan fingerprint density at radius 1 is 1.24 bits per heavy atom. The van der Waals surface area contributed by atoms with Crippen molar-refractivity contribution >= 4 is 23.5 Å². The second kappa shape index (κ2) is 6.19. The molecule has 25 heavy (non-hydrogen) atoms. The molecular weight excluding hydrogens is 342 g/mol. The van der Waals surface area contributed by atoms with Gasteiger partial charge in [0.25, 0.3) is 5.91 Å². The van der Waals surface area contributed by atoms with Gasteiger partial charge in [-0.25, -0.2) is 0 Å². The van der Waals surface area contributed by atoms with Gasteiger partial charge >= 0.3 is 5.97 Å². The van der Waals surface area contributed by atoms with E-state index in [1.54, 1.807) is 17.0 Å². The molecule has 0 radical (unpaired) electrons. The van der Waals surface area contributed by atoms with E-state index in [4.69, 9.17) is 11.6 Å². The van der Waals surface area contributed by atoms with Gasteiger partial charge in [0.05, 0.1) is 16.6 Å². The number of hydrogen-bond acceptors (Lipinski definition) is 3. The molecule has 1 saturated heterocycles. The van der Waals surface area contributed by atoms with Crippen molar-refractivity contribution in [1.29, 1.82) is 0 Å². The van der Waals surface area contributed by atoms with E-state index in [1.807, 2.05) is 18.2 Å². The monoisotopic (exact) mass is 359 g/mol. The summed E-state index contributed by atoms with van der Waals surface area (Å²) in [7, 11) is 0. The molecule has 2 atom stereocenters. The van der Waals surface area contributed by atoms with Crippen LogP contribution in [-0.4, -0.2) is 45.2 Å². The van der Waals surface area contributed by atoms with Crippen molar-refractivity contribution in [1.82, 2.24) is 15.1 Å². The highest BCUT2D eigenvalue weighted by atomic mass is 35.5. The summed E-state index contributed by atoms with van der Waals surface area (Å²) in [6.45, 7) is 0.761. The smallest absolute Gasteiger partial charge is 0.308 e. The van der Waals surface area contributed by atoms with Crippen molar-refractivity contribution in [2.24, 2.45) is 17.8 Å². The molecule has 6 nitrogen and oxygen atoms in total. The van der Waals surface area contributed by atoms with Crippen molar-refractivity contribution in [3.05, 3.63) is 41.0 Å². The molecule has 0 bridgehead atoms. The molecule has 1 saturated carbocycles. The number of carboxylic acids is 1. The first kappa shape index (κ1) is 16.1. The normalized spacial score (nSPS) is 23.0. The summed E-state index contributed by atoms with van der Waals surface area (Å²) >= 11 is 6.18. The number of carbonyl (C=O) groups is 2. The Morgan fingerprint density at radius 2 is 2.00 bits per heavy atom. The average molecular weight is 360 g/mol. The lowest BCUT2D eigenvalue weighted by molar-refractivity contribution is -0.142. The van der Waals surface area contributed by atoms with Crippen LogP contribution in [-0.2, 0) is 4.79 Å². The van der Waals surface area contributed by atoms with Gasteiger partial charge in [0, 0.05) is 18.7 Å². The Kier molecular flexibility index (Phi) is 4.00. The summed E-state index contributed by atoms with van der Waals surface area (Å²) in [5.74, 6) is -0.983. The maximum atomic E-state index is 12.8. The molecule has 2 fully saturated rings. The molecule has 1 aliphatic carbocycles. The highest BCUT2D eigenvalue weighted by molar-refractivity contribution is 6.33. The Bertz CT molecular complexity index is 830. The van der Waals surface area contributed by atoms with Gasteiger partial charge in [0.15, 0.2) is 0 Å². The number of benzene rings is 1. The van der Waals surface area contributed by atoms with Crippen LogP contribution in [0.25, 0.3) is 11.3 Å². The van der Waals surface area contributed by atoms with Crippen LogP contribution in [0.2, 0.25) is 5.02 Å². The topological polar surface area (TPSA) is 86.3 Å². The second-order valence-electron chi connectivity index (χ2n) is 6.80. The molecule has 0 spiro atoms. The summed E-state index contributed by atoms with van der Waals surface area (Å²) in [6, 6.07) is 8.97. The van der Waals surface area contributed by atoms with Crippen LogP contribution < -0.4 is 0 Å². The van der Waals surface area contributed by atoms with E-state index >= 15 is 0 Å². The van der Waals surface area contributed by atoms with Crippen LogP contribution in [0, 0.1) is 17.8 Å². The lowest BCUT2D eigenvalue weighted by Crippen LogP contribution is -2.30. The minimum Gasteiger partial charge on any atom is -0.481 e. The number of aromatic amines is 1. The van der Waals surface area contributed by atoms with E-state index in [1.165, 1.54) is 0 Å². The average Bonchev–Trinajstić information content (AvgIpc) is 3.16. The molecule has 7 heteroatoms. The van der Waals surface area contributed by atoms with Crippen molar-refractivity contribution in [2.75, 3.05) is 13.1 Å². The quantitative estimate of drug-likeness (QED) is 0.878. The molecule has 1 aromatic carbocycles. The summed E-state index contributed by atoms with van der Waals surface area (Å²) in [5.41, 5.74) is 1.71. The number of carbonyl (C=O) groups excluding carboxylic acids is 1. The fourth-order valence-electron chi connectivity index (χ4n) is 3.67. The number of nitrogens with zero attached hydrogens (tertiary/aromatic N) is 2. The fraction of sp³-hybridized carbons (Fsp3) is 0.389. The number of aromatic nitrogens is 2. The zero-order valence-electron chi connectivity index (χ0n) is 13.5. The van der Waals surface area contributed by atoms with Gasteiger partial charge in [-0.2, -0.15) is 5.10 Å². The van der Waals surface area contributed by atoms with Crippen LogP contribution >= 0.6 is 11.6 Å². The number of aliphatic carboxylic acids is 1. The van der Waals surface area contributed by atoms with Crippen LogP contribution in [0.15, 0.2) is 30.3 Å². The van der Waals surface area contributed by atoms with Crippen LogP contribution in [0.5, 0.6) is 0 Å². The molecule has 0 unspecified atom stereocenters. The molecule has 1 amide bonds. The SMILES string of the molecule is O=C(O)[C@H]1CN(C(=O)c2cc(-c3ccccc3Cl)n[nH]2)C[C@@H]1C1CC1. The van der Waals surface area contributed by atoms with Crippen molar-refractivity contribution in [2.45, 2.75) is 12.8 Å². The first-order chi connectivity index (χ1) is 12.0. The number of nitrogens with one attached hydrogen (secondary N) is 1. The lowest BCUT2D eigenvalue weighted by atomic mass is 9.92. The first-order valence-corrected chi connectivity index (χ1v) is 8.75. The molecular formula is C18H18ClN3O3. The number of likely N-dealkylation sites (tertiary alicyclic amines) is 1. The largest absolute Gasteiger partial charge is 0.481 e. The van der Waals surface area contributed by atoms with Gasteiger partial charge in [-0.15, -0.1) is 0 Å². The van der Waals surface area contributed by atoms with Crippen LogP contribution in [0.3, 0.4) is 0 Å². The number of hydrogen-bond donors (Lipinski definition) is 2. The first-order valence-electron chi connectivity index (χ1n) is 8.37. The third-order valence-electron chi connectivity index (χ3n) is 5.16. The molecule has 130 valence electrons. The molecule has 2 aliphatic rings. The molecule has 2 N–H and O–H groups in total. The van der Waals surface area contributed by atoms with Gasteiger partial charge in [-0.3, -0.25) is 14.7 Å². The van der Waals surface area contributed by atoms with Crippen LogP contribution in [0.1, 0.15) is 23.3 Å². The van der Waals surface area contributed by atoms with E-state index in [0.29, 0.717) is 28.9 Å². The minimum atomic E-state index is -0.812. The molecule has 1 aromatic heterocycles. The number of H-pyrrole nitrogens is 1. The highest BCUT2D eigenvalue weighted by Gasteiger charge is 2.47. The molecule has 4 rings (SSSR count). The fourth-order valence-corrected chi connectivity index (χ4v) is 3.90. The van der Waals surface area contributed by atoms with E-state index < -0.39 is 11.9 Å². The Hall–Kier alpha value is -2.34. The van der Waals surface area contributed by atoms with Crippen molar-refractivity contribution < 1.29 is 14.7 Å². The third kappa shape index (κ3) is 3.02. The predicted molar refractivity (Wildman–Crippen MR) is 92.3 cm³/mol. The van der Waals surface area contributed by atoms with E-state index in [9.17, 15) is 14.7 Å². The Balaban J connectivity index is 1.54. The highest BCUT2D eigenvalue weighted by Crippen LogP contribution is 2.44. The van der Waals surface area contributed by atoms with Gasteiger partial charge in [0.2, 0.25) is 0 Å². The number of amides is 1. The number of halogens is 1. The minimum absolute atomic E-state index is 0.0624. The van der Waals surface area contributed by atoms with Gasteiger partial charge < -0.3 is 10.0 Å². The van der Waals surface area contributed by atoms with Crippen molar-refractivity contribution in [3.8, 4) is 11.3 Å². The second-order valence-corrected chi connectivity index (χ2v) is 7.21. The maximum Gasteiger partial charge on any atom is 0.308 e. The van der Waals surface area contributed by atoms with E-state index in [2.05, 4.69) is 10.2 Å². The summed E-state index contributed by atoms with van der Waals surface area (Å²) < 4.78 is 0. The standard InChI is InChI=1S/C18H18ClN3O3/c19-14-4-2-1-3-11(14)15-7-16(21-20-15)17(23)22-8-12(10-5-6-10)13(9-22)18(24)25/h1-4,7,10,12-13H,5-6,8-9H2,(H,20,21)(H,24,25)/t12-,13+/m1/s1. The Morgan fingerprint density at radius 3 is 2.68 bits per heavy atom. The van der Waals surface area contributed by atoms with Gasteiger partial charge in [0.1, 0.15) is 5.69 Å². The molecule has 2 heterocycles. The maximum absolute atomic E-state index is 12.8. The Labute approximate surface area is 149 Å². The van der Waals surface area contributed by atoms with Crippen LogP contribution in [0.4, 0.5) is 0 Å².